The number of rotatable bonds is 3. The molecule has 0 bridgehead atoms. The van der Waals surface area contributed by atoms with Gasteiger partial charge in [-0.25, -0.2) is 0 Å². The first-order chi connectivity index (χ1) is 7.87. The molecular formula is C16H29N. The highest BCUT2D eigenvalue weighted by Crippen LogP contribution is 2.76. The van der Waals surface area contributed by atoms with Crippen LogP contribution in [0.1, 0.15) is 66.2 Å². The first-order valence-electron chi connectivity index (χ1n) is 7.61. The van der Waals surface area contributed by atoms with E-state index in [9.17, 15) is 0 Å². The summed E-state index contributed by atoms with van der Waals surface area (Å²) in [5.74, 6) is 0.940. The molecule has 1 spiro atoms. The predicted octanol–water partition coefficient (Wildman–Crippen LogP) is 3.98. The Morgan fingerprint density at radius 3 is 2.35 bits per heavy atom. The molecule has 3 aliphatic rings. The van der Waals surface area contributed by atoms with Crippen LogP contribution in [-0.4, -0.2) is 12.6 Å². The van der Waals surface area contributed by atoms with Crippen LogP contribution in [-0.2, 0) is 0 Å². The summed E-state index contributed by atoms with van der Waals surface area (Å²) in [6, 6.07) is 0.875. The maximum atomic E-state index is 3.77. The Hall–Kier alpha value is -0.0400. The van der Waals surface area contributed by atoms with Crippen molar-refractivity contribution >= 4 is 0 Å². The van der Waals surface area contributed by atoms with E-state index in [4.69, 9.17) is 0 Å². The first-order valence-corrected chi connectivity index (χ1v) is 7.61. The largest absolute Gasteiger partial charge is 0.314 e. The summed E-state index contributed by atoms with van der Waals surface area (Å²) in [5.41, 5.74) is 1.85. The maximum absolute atomic E-state index is 3.77. The molecular weight excluding hydrogens is 206 g/mol. The van der Waals surface area contributed by atoms with Crippen LogP contribution in [0.3, 0.4) is 0 Å². The molecule has 0 aromatic heterocycles. The topological polar surface area (TPSA) is 12.0 Å². The van der Waals surface area contributed by atoms with Crippen molar-refractivity contribution in [2.75, 3.05) is 6.54 Å². The lowest BCUT2D eigenvalue weighted by atomic mass is 9.67. The SMILES string of the molecule is CC1(C)CCCC2(C1)C(CNC1CC1)C2(C)C. The van der Waals surface area contributed by atoms with Gasteiger partial charge in [-0.15, -0.1) is 0 Å². The molecule has 1 heteroatoms. The van der Waals surface area contributed by atoms with Gasteiger partial charge in [0.05, 0.1) is 0 Å². The van der Waals surface area contributed by atoms with Gasteiger partial charge in [0.2, 0.25) is 0 Å². The summed E-state index contributed by atoms with van der Waals surface area (Å²) in [6.45, 7) is 11.3. The standard InChI is InChI=1S/C16H29N/c1-14(2)8-5-9-16(11-14)13(15(16,3)4)10-17-12-6-7-12/h12-13,17H,5-11H2,1-4H3. The molecule has 98 valence electrons. The maximum Gasteiger partial charge on any atom is 0.00683 e. The van der Waals surface area contributed by atoms with E-state index in [2.05, 4.69) is 33.0 Å². The zero-order valence-electron chi connectivity index (χ0n) is 12.1. The molecule has 3 fully saturated rings. The fourth-order valence-corrected chi connectivity index (χ4v) is 4.85. The minimum Gasteiger partial charge on any atom is -0.314 e. The molecule has 0 radical (unpaired) electrons. The summed E-state index contributed by atoms with van der Waals surface area (Å²) in [6.07, 6.45) is 8.69. The number of hydrogen-bond donors (Lipinski definition) is 1. The molecule has 2 atom stereocenters. The lowest BCUT2D eigenvalue weighted by molar-refractivity contribution is 0.130. The molecule has 1 N–H and O–H groups in total. The third-order valence-electron chi connectivity index (χ3n) is 6.20. The number of nitrogens with one attached hydrogen (secondary N) is 1. The average molecular weight is 235 g/mol. The molecule has 0 aromatic rings. The molecule has 0 saturated heterocycles. The van der Waals surface area contributed by atoms with Gasteiger partial charge in [0.15, 0.2) is 0 Å². The Kier molecular flexibility index (Phi) is 2.47. The van der Waals surface area contributed by atoms with Gasteiger partial charge >= 0.3 is 0 Å². The lowest BCUT2D eigenvalue weighted by Gasteiger charge is -2.38. The van der Waals surface area contributed by atoms with Crippen LogP contribution in [0.15, 0.2) is 0 Å². The smallest absolute Gasteiger partial charge is 0.00683 e. The fraction of sp³-hybridized carbons (Fsp3) is 1.00. The summed E-state index contributed by atoms with van der Waals surface area (Å²) in [5, 5.41) is 3.77. The lowest BCUT2D eigenvalue weighted by Crippen LogP contribution is -2.28. The van der Waals surface area contributed by atoms with Gasteiger partial charge in [-0.1, -0.05) is 34.1 Å². The Morgan fingerprint density at radius 1 is 1.06 bits per heavy atom. The second-order valence-corrected chi connectivity index (χ2v) is 8.31. The van der Waals surface area contributed by atoms with Crippen molar-refractivity contribution in [3.8, 4) is 0 Å². The van der Waals surface area contributed by atoms with Crippen molar-refractivity contribution in [1.29, 1.82) is 0 Å². The van der Waals surface area contributed by atoms with E-state index in [1.54, 1.807) is 0 Å². The predicted molar refractivity (Wildman–Crippen MR) is 73.0 cm³/mol. The van der Waals surface area contributed by atoms with E-state index in [1.807, 2.05) is 0 Å². The van der Waals surface area contributed by atoms with E-state index in [1.165, 1.54) is 45.1 Å². The highest BCUT2D eigenvalue weighted by Gasteiger charge is 2.70. The summed E-state index contributed by atoms with van der Waals surface area (Å²) in [7, 11) is 0. The summed E-state index contributed by atoms with van der Waals surface area (Å²) in [4.78, 5) is 0. The van der Waals surface area contributed by atoms with Crippen LogP contribution in [0.2, 0.25) is 0 Å². The van der Waals surface area contributed by atoms with Gasteiger partial charge in [-0.2, -0.15) is 0 Å². The van der Waals surface area contributed by atoms with Crippen molar-refractivity contribution in [2.24, 2.45) is 22.2 Å². The monoisotopic (exact) mass is 235 g/mol. The molecule has 3 saturated carbocycles. The van der Waals surface area contributed by atoms with E-state index in [0.717, 1.165) is 12.0 Å². The van der Waals surface area contributed by atoms with Gasteiger partial charge < -0.3 is 5.32 Å². The van der Waals surface area contributed by atoms with Gasteiger partial charge in [0.1, 0.15) is 0 Å². The van der Waals surface area contributed by atoms with Crippen molar-refractivity contribution in [3.05, 3.63) is 0 Å². The minimum atomic E-state index is 0.587. The Balaban J connectivity index is 1.68. The minimum absolute atomic E-state index is 0.587. The Labute approximate surface area is 107 Å². The molecule has 2 unspecified atom stereocenters. The van der Waals surface area contributed by atoms with Crippen LogP contribution >= 0.6 is 0 Å². The molecule has 3 aliphatic carbocycles. The van der Waals surface area contributed by atoms with Crippen LogP contribution in [0.5, 0.6) is 0 Å². The molecule has 0 amide bonds. The second kappa shape index (κ2) is 3.50. The highest BCUT2D eigenvalue weighted by molar-refractivity contribution is 5.20. The zero-order valence-corrected chi connectivity index (χ0v) is 12.1. The first kappa shape index (κ1) is 12.0. The van der Waals surface area contributed by atoms with E-state index < -0.39 is 0 Å². The number of hydrogen-bond acceptors (Lipinski definition) is 1. The molecule has 0 aliphatic heterocycles. The van der Waals surface area contributed by atoms with Gasteiger partial charge in [-0.05, 0) is 60.8 Å². The van der Waals surface area contributed by atoms with Crippen LogP contribution in [0.4, 0.5) is 0 Å². The van der Waals surface area contributed by atoms with E-state index in [-0.39, 0.29) is 0 Å². The van der Waals surface area contributed by atoms with Crippen molar-refractivity contribution in [2.45, 2.75) is 72.3 Å². The summed E-state index contributed by atoms with van der Waals surface area (Å²) >= 11 is 0. The van der Waals surface area contributed by atoms with Crippen LogP contribution in [0.25, 0.3) is 0 Å². The molecule has 17 heavy (non-hydrogen) atoms. The van der Waals surface area contributed by atoms with Gasteiger partial charge in [-0.3, -0.25) is 0 Å². The van der Waals surface area contributed by atoms with Gasteiger partial charge in [0, 0.05) is 6.04 Å². The van der Waals surface area contributed by atoms with E-state index >= 15 is 0 Å². The third kappa shape index (κ3) is 1.85. The van der Waals surface area contributed by atoms with E-state index in [0.29, 0.717) is 16.2 Å². The quantitative estimate of drug-likeness (QED) is 0.780. The Bertz CT molecular complexity index is 313. The second-order valence-electron chi connectivity index (χ2n) is 8.31. The summed E-state index contributed by atoms with van der Waals surface area (Å²) < 4.78 is 0. The molecule has 0 aromatic carbocycles. The van der Waals surface area contributed by atoms with Gasteiger partial charge in [0.25, 0.3) is 0 Å². The van der Waals surface area contributed by atoms with Crippen molar-refractivity contribution in [1.82, 2.24) is 5.32 Å². The molecule has 0 heterocycles. The van der Waals surface area contributed by atoms with Crippen LogP contribution < -0.4 is 5.32 Å². The third-order valence-corrected chi connectivity index (χ3v) is 6.20. The normalized spacial score (nSPS) is 42.7. The van der Waals surface area contributed by atoms with Crippen molar-refractivity contribution in [3.63, 3.8) is 0 Å². The average Bonchev–Trinajstić information content (AvgIpc) is 3.05. The highest BCUT2D eigenvalue weighted by atomic mass is 15.0. The van der Waals surface area contributed by atoms with Crippen LogP contribution in [0, 0.1) is 22.2 Å². The zero-order chi connectivity index (χ0) is 12.3. The molecule has 1 nitrogen and oxygen atoms in total. The Morgan fingerprint density at radius 2 is 1.76 bits per heavy atom. The fourth-order valence-electron chi connectivity index (χ4n) is 4.85. The molecule has 3 rings (SSSR count). The van der Waals surface area contributed by atoms with Crippen molar-refractivity contribution < 1.29 is 0 Å².